The summed E-state index contributed by atoms with van der Waals surface area (Å²) in [5, 5.41) is 3.36. The van der Waals surface area contributed by atoms with Crippen LogP contribution in [0.4, 0.5) is 0 Å². The summed E-state index contributed by atoms with van der Waals surface area (Å²) < 4.78 is 5.72. The minimum atomic E-state index is 0.218. The van der Waals surface area contributed by atoms with Crippen LogP contribution in [-0.2, 0) is 0 Å². The summed E-state index contributed by atoms with van der Waals surface area (Å²) in [7, 11) is 0. The number of rotatable bonds is 5. The molecule has 1 aliphatic heterocycles. The molecule has 1 unspecified atom stereocenters. The minimum absolute atomic E-state index is 0.218. The Kier molecular flexibility index (Phi) is 3.33. The van der Waals surface area contributed by atoms with Gasteiger partial charge in [-0.15, -0.1) is 0 Å². The summed E-state index contributed by atoms with van der Waals surface area (Å²) in [6, 6.07) is 7.98. The lowest BCUT2D eigenvalue weighted by atomic mass is 10.0. The zero-order chi connectivity index (χ0) is 12.4. The second-order valence-electron chi connectivity index (χ2n) is 5.27. The molecular weight excluding hydrogens is 226 g/mol. The first-order chi connectivity index (χ1) is 8.81. The Morgan fingerprint density at radius 1 is 1.33 bits per heavy atom. The standard InChI is InChI=1S/C15H19NO2/c17-15(10-12-4-2-8-16-12)11-3-1-5-14(9-11)18-13-6-7-13/h1,3,5,9,12-13,16H,2,4,6-8,10H2. The number of ether oxygens (including phenoxy) is 1. The average Bonchev–Trinajstić information content (AvgIpc) is 3.04. The monoisotopic (exact) mass is 245 g/mol. The molecule has 1 heterocycles. The number of carbonyl (C=O) groups excluding carboxylic acids is 1. The van der Waals surface area contributed by atoms with Gasteiger partial charge in [0.1, 0.15) is 5.75 Å². The van der Waals surface area contributed by atoms with E-state index in [1.807, 2.05) is 24.3 Å². The Morgan fingerprint density at radius 3 is 2.94 bits per heavy atom. The van der Waals surface area contributed by atoms with Gasteiger partial charge >= 0.3 is 0 Å². The fourth-order valence-electron chi connectivity index (χ4n) is 2.39. The summed E-state index contributed by atoms with van der Waals surface area (Å²) in [6.07, 6.45) is 5.57. The molecule has 1 saturated carbocycles. The molecule has 1 aromatic rings. The highest BCUT2D eigenvalue weighted by molar-refractivity contribution is 5.96. The largest absolute Gasteiger partial charge is 0.490 e. The molecule has 3 heteroatoms. The van der Waals surface area contributed by atoms with Crippen molar-refractivity contribution in [1.82, 2.24) is 5.32 Å². The smallest absolute Gasteiger partial charge is 0.164 e. The van der Waals surface area contributed by atoms with Gasteiger partial charge in [-0.2, -0.15) is 0 Å². The van der Waals surface area contributed by atoms with Gasteiger partial charge in [-0.05, 0) is 44.4 Å². The number of carbonyl (C=O) groups is 1. The van der Waals surface area contributed by atoms with Crippen LogP contribution in [0.15, 0.2) is 24.3 Å². The second-order valence-corrected chi connectivity index (χ2v) is 5.27. The van der Waals surface area contributed by atoms with E-state index in [-0.39, 0.29) is 5.78 Å². The molecule has 3 nitrogen and oxygen atoms in total. The third-order valence-corrected chi connectivity index (χ3v) is 3.58. The highest BCUT2D eigenvalue weighted by Crippen LogP contribution is 2.27. The van der Waals surface area contributed by atoms with Crippen molar-refractivity contribution in [2.75, 3.05) is 6.54 Å². The van der Waals surface area contributed by atoms with E-state index < -0.39 is 0 Å². The molecule has 0 bridgehead atoms. The van der Waals surface area contributed by atoms with Crippen LogP contribution in [0.5, 0.6) is 5.75 Å². The molecule has 0 radical (unpaired) electrons. The van der Waals surface area contributed by atoms with E-state index in [1.165, 1.54) is 6.42 Å². The van der Waals surface area contributed by atoms with Crippen LogP contribution in [0.2, 0.25) is 0 Å². The van der Waals surface area contributed by atoms with Crippen molar-refractivity contribution in [2.45, 2.75) is 44.2 Å². The third kappa shape index (κ3) is 2.91. The van der Waals surface area contributed by atoms with Crippen molar-refractivity contribution in [2.24, 2.45) is 0 Å². The summed E-state index contributed by atoms with van der Waals surface area (Å²) in [6.45, 7) is 1.04. The van der Waals surface area contributed by atoms with Gasteiger partial charge in [-0.3, -0.25) is 4.79 Å². The lowest BCUT2D eigenvalue weighted by Gasteiger charge is -2.10. The predicted octanol–water partition coefficient (Wildman–Crippen LogP) is 2.55. The molecule has 2 fully saturated rings. The van der Waals surface area contributed by atoms with E-state index in [0.29, 0.717) is 18.6 Å². The van der Waals surface area contributed by atoms with Crippen LogP contribution < -0.4 is 10.1 Å². The molecule has 1 N–H and O–H groups in total. The molecule has 0 spiro atoms. The van der Waals surface area contributed by atoms with Crippen molar-refractivity contribution in [3.8, 4) is 5.75 Å². The second kappa shape index (κ2) is 5.11. The average molecular weight is 245 g/mol. The lowest BCUT2D eigenvalue weighted by molar-refractivity contribution is 0.0971. The van der Waals surface area contributed by atoms with Gasteiger partial charge in [-0.1, -0.05) is 12.1 Å². The third-order valence-electron chi connectivity index (χ3n) is 3.58. The molecular formula is C15H19NO2. The van der Waals surface area contributed by atoms with E-state index in [4.69, 9.17) is 4.74 Å². The van der Waals surface area contributed by atoms with Gasteiger partial charge in [0.2, 0.25) is 0 Å². The van der Waals surface area contributed by atoms with Crippen LogP contribution in [0.3, 0.4) is 0 Å². The Balaban J connectivity index is 1.64. The summed E-state index contributed by atoms with van der Waals surface area (Å²) >= 11 is 0. The van der Waals surface area contributed by atoms with Crippen molar-refractivity contribution in [3.05, 3.63) is 29.8 Å². The van der Waals surface area contributed by atoms with Gasteiger partial charge in [-0.25, -0.2) is 0 Å². The fourth-order valence-corrected chi connectivity index (χ4v) is 2.39. The fraction of sp³-hybridized carbons (Fsp3) is 0.533. The van der Waals surface area contributed by atoms with E-state index in [0.717, 1.165) is 37.1 Å². The lowest BCUT2D eigenvalue weighted by Crippen LogP contribution is -2.24. The molecule has 1 saturated heterocycles. The van der Waals surface area contributed by atoms with Gasteiger partial charge < -0.3 is 10.1 Å². The van der Waals surface area contributed by atoms with Crippen molar-refractivity contribution in [3.63, 3.8) is 0 Å². The van der Waals surface area contributed by atoms with Crippen LogP contribution in [0.1, 0.15) is 42.5 Å². The molecule has 1 aromatic carbocycles. The Hall–Kier alpha value is -1.35. The Labute approximate surface area is 108 Å². The zero-order valence-electron chi connectivity index (χ0n) is 10.5. The quantitative estimate of drug-likeness (QED) is 0.810. The molecule has 18 heavy (non-hydrogen) atoms. The summed E-state index contributed by atoms with van der Waals surface area (Å²) in [5.41, 5.74) is 0.779. The normalized spacial score (nSPS) is 23.0. The minimum Gasteiger partial charge on any atom is -0.490 e. The molecule has 2 aliphatic rings. The number of hydrogen-bond donors (Lipinski definition) is 1. The van der Waals surface area contributed by atoms with E-state index in [2.05, 4.69) is 5.32 Å². The van der Waals surface area contributed by atoms with Gasteiger partial charge in [0.15, 0.2) is 5.78 Å². The first-order valence-electron chi connectivity index (χ1n) is 6.84. The van der Waals surface area contributed by atoms with Crippen LogP contribution in [0.25, 0.3) is 0 Å². The van der Waals surface area contributed by atoms with Gasteiger partial charge in [0, 0.05) is 18.0 Å². The number of ketones is 1. The summed E-state index contributed by atoms with van der Waals surface area (Å²) in [4.78, 5) is 12.2. The van der Waals surface area contributed by atoms with Gasteiger partial charge in [0.25, 0.3) is 0 Å². The van der Waals surface area contributed by atoms with E-state index >= 15 is 0 Å². The molecule has 3 rings (SSSR count). The molecule has 0 aromatic heterocycles. The molecule has 0 amide bonds. The van der Waals surface area contributed by atoms with Crippen molar-refractivity contribution >= 4 is 5.78 Å². The highest BCUT2D eigenvalue weighted by Gasteiger charge is 2.24. The zero-order valence-corrected chi connectivity index (χ0v) is 10.5. The number of nitrogens with one attached hydrogen (secondary N) is 1. The topological polar surface area (TPSA) is 38.3 Å². The first kappa shape index (κ1) is 11.7. The molecule has 1 atom stereocenters. The van der Waals surface area contributed by atoms with Crippen LogP contribution >= 0.6 is 0 Å². The van der Waals surface area contributed by atoms with Crippen LogP contribution in [-0.4, -0.2) is 24.5 Å². The number of benzene rings is 1. The maximum atomic E-state index is 12.2. The maximum absolute atomic E-state index is 12.2. The maximum Gasteiger partial charge on any atom is 0.164 e. The number of hydrogen-bond acceptors (Lipinski definition) is 3. The SMILES string of the molecule is O=C(CC1CCCN1)c1cccc(OC2CC2)c1. The Bertz CT molecular complexity index is 434. The predicted molar refractivity (Wildman–Crippen MR) is 70.1 cm³/mol. The van der Waals surface area contributed by atoms with Crippen molar-refractivity contribution in [1.29, 1.82) is 0 Å². The van der Waals surface area contributed by atoms with Crippen molar-refractivity contribution < 1.29 is 9.53 Å². The number of Topliss-reactive ketones (excluding diaryl/α,β-unsaturated/α-hetero) is 1. The van der Waals surface area contributed by atoms with E-state index in [1.54, 1.807) is 0 Å². The molecule has 1 aliphatic carbocycles. The highest BCUT2D eigenvalue weighted by atomic mass is 16.5. The Morgan fingerprint density at radius 2 is 2.22 bits per heavy atom. The first-order valence-corrected chi connectivity index (χ1v) is 6.84. The summed E-state index contributed by atoms with van der Waals surface area (Å²) in [5.74, 6) is 1.05. The van der Waals surface area contributed by atoms with Crippen LogP contribution in [0, 0.1) is 0 Å². The van der Waals surface area contributed by atoms with E-state index in [9.17, 15) is 4.79 Å². The van der Waals surface area contributed by atoms with Gasteiger partial charge in [0.05, 0.1) is 6.10 Å². The molecule has 96 valence electrons.